The van der Waals surface area contributed by atoms with Crippen molar-refractivity contribution < 1.29 is 18.0 Å². The maximum absolute atomic E-state index is 14.2. The molecule has 0 saturated heterocycles. The van der Waals surface area contributed by atoms with Crippen molar-refractivity contribution in [1.82, 2.24) is 10.2 Å². The molecule has 1 fully saturated rings. The Morgan fingerprint density at radius 2 is 1.60 bits per heavy atom. The molecule has 1 atom stereocenters. The highest BCUT2D eigenvalue weighted by molar-refractivity contribution is 7.92. The predicted molar refractivity (Wildman–Crippen MR) is 168 cm³/mol. The molecule has 7 nitrogen and oxygen atoms in total. The molecule has 4 rings (SSSR count). The summed E-state index contributed by atoms with van der Waals surface area (Å²) in [6, 6.07) is 19.3. The third-order valence-corrected chi connectivity index (χ3v) is 10.1. The molecule has 224 valence electrons. The number of hydrogen-bond donors (Lipinski definition) is 1. The van der Waals surface area contributed by atoms with Crippen molar-refractivity contribution in [1.29, 1.82) is 0 Å². The maximum Gasteiger partial charge on any atom is 0.264 e. The van der Waals surface area contributed by atoms with E-state index in [0.29, 0.717) is 27.7 Å². The van der Waals surface area contributed by atoms with Crippen LogP contribution in [0.25, 0.3) is 0 Å². The number of halogens is 2. The van der Waals surface area contributed by atoms with Gasteiger partial charge in [0.2, 0.25) is 11.8 Å². The Morgan fingerprint density at radius 1 is 0.929 bits per heavy atom. The molecule has 1 saturated carbocycles. The maximum atomic E-state index is 14.2. The fourth-order valence-electron chi connectivity index (χ4n) is 5.27. The lowest BCUT2D eigenvalue weighted by atomic mass is 9.95. The van der Waals surface area contributed by atoms with E-state index in [1.165, 1.54) is 17.0 Å². The number of benzene rings is 3. The molecule has 0 radical (unpaired) electrons. The van der Waals surface area contributed by atoms with Crippen molar-refractivity contribution >= 4 is 50.7 Å². The van der Waals surface area contributed by atoms with Crippen molar-refractivity contribution in [2.45, 2.75) is 75.9 Å². The topological polar surface area (TPSA) is 86.8 Å². The molecule has 0 unspecified atom stereocenters. The molecule has 3 aromatic rings. The molecule has 1 aliphatic carbocycles. The highest BCUT2D eigenvalue weighted by Gasteiger charge is 2.34. The van der Waals surface area contributed by atoms with Gasteiger partial charge in [0, 0.05) is 22.6 Å². The highest BCUT2D eigenvalue weighted by Crippen LogP contribution is 2.29. The summed E-state index contributed by atoms with van der Waals surface area (Å²) >= 11 is 12.6. The van der Waals surface area contributed by atoms with E-state index in [4.69, 9.17) is 23.2 Å². The second-order valence-corrected chi connectivity index (χ2v) is 13.3. The average molecular weight is 631 g/mol. The van der Waals surface area contributed by atoms with E-state index in [0.717, 1.165) is 42.0 Å². The van der Waals surface area contributed by atoms with E-state index in [9.17, 15) is 18.0 Å². The summed E-state index contributed by atoms with van der Waals surface area (Å²) in [7, 11) is -4.13. The predicted octanol–water partition coefficient (Wildman–Crippen LogP) is 6.62. The van der Waals surface area contributed by atoms with E-state index in [1.54, 1.807) is 55.5 Å². The van der Waals surface area contributed by atoms with Crippen LogP contribution in [0.2, 0.25) is 10.0 Å². The van der Waals surface area contributed by atoms with E-state index in [1.807, 2.05) is 19.1 Å². The monoisotopic (exact) mass is 629 g/mol. The van der Waals surface area contributed by atoms with Gasteiger partial charge in [-0.25, -0.2) is 8.42 Å². The standard InChI is InChI=1S/C32H37Cl2N3O4S/c1-3-24-12-10-11-17-30(24)37(42(40,41)28-15-8-5-9-16-28)22-31(38)36(21-25-18-19-26(33)20-29(25)34)23(2)32(39)35-27-13-6-4-7-14-27/h5,8-12,15-20,23,27H,3-4,6-7,13-14,21-22H2,1-2H3,(H,35,39)/t23-/m1/s1. The fourth-order valence-corrected chi connectivity index (χ4v) is 7.21. The van der Waals surface area contributed by atoms with Gasteiger partial charge in [0.05, 0.1) is 10.6 Å². The number of carbonyl (C=O) groups is 2. The first-order valence-electron chi connectivity index (χ1n) is 14.3. The van der Waals surface area contributed by atoms with Crippen molar-refractivity contribution in [2.75, 3.05) is 10.8 Å². The van der Waals surface area contributed by atoms with E-state index >= 15 is 0 Å². The zero-order valence-corrected chi connectivity index (χ0v) is 26.3. The number of amides is 2. The quantitative estimate of drug-likeness (QED) is 0.258. The number of anilines is 1. The van der Waals surface area contributed by atoms with Crippen LogP contribution in [0.5, 0.6) is 0 Å². The van der Waals surface area contributed by atoms with Crippen LogP contribution >= 0.6 is 23.2 Å². The Kier molecular flexibility index (Phi) is 10.9. The summed E-state index contributed by atoms with van der Waals surface area (Å²) in [5.74, 6) is -0.815. The molecular weight excluding hydrogens is 593 g/mol. The Morgan fingerprint density at radius 3 is 2.26 bits per heavy atom. The second kappa shape index (κ2) is 14.4. The van der Waals surface area contributed by atoms with Crippen LogP contribution in [-0.2, 0) is 32.6 Å². The number of carbonyl (C=O) groups excluding carboxylic acids is 2. The summed E-state index contributed by atoms with van der Waals surface area (Å²) in [6.07, 6.45) is 5.59. The first-order valence-corrected chi connectivity index (χ1v) is 16.5. The third kappa shape index (κ3) is 7.65. The van der Waals surface area contributed by atoms with Crippen LogP contribution < -0.4 is 9.62 Å². The highest BCUT2D eigenvalue weighted by atomic mass is 35.5. The van der Waals surface area contributed by atoms with Gasteiger partial charge in [-0.15, -0.1) is 0 Å². The molecule has 2 amide bonds. The summed E-state index contributed by atoms with van der Waals surface area (Å²) in [4.78, 5) is 29.1. The lowest BCUT2D eigenvalue weighted by Crippen LogP contribution is -2.53. The molecule has 42 heavy (non-hydrogen) atoms. The molecule has 1 aliphatic rings. The van der Waals surface area contributed by atoms with Gasteiger partial charge in [-0.05, 0) is 67.6 Å². The Bertz CT molecular complexity index is 1490. The number of nitrogens with one attached hydrogen (secondary N) is 1. The molecular formula is C32H37Cl2N3O4S. The number of rotatable bonds is 11. The second-order valence-electron chi connectivity index (χ2n) is 10.6. The van der Waals surface area contributed by atoms with Crippen LogP contribution in [0.1, 0.15) is 57.1 Å². The van der Waals surface area contributed by atoms with Crippen molar-refractivity contribution in [3.05, 3.63) is 94.0 Å². The van der Waals surface area contributed by atoms with E-state index in [-0.39, 0.29) is 23.4 Å². The summed E-state index contributed by atoms with van der Waals surface area (Å²) < 4.78 is 29.2. The van der Waals surface area contributed by atoms with E-state index in [2.05, 4.69) is 5.32 Å². The number of para-hydroxylation sites is 1. The number of aryl methyl sites for hydroxylation is 1. The van der Waals surface area contributed by atoms with Gasteiger partial charge in [0.1, 0.15) is 12.6 Å². The normalized spacial score (nSPS) is 14.7. The van der Waals surface area contributed by atoms with Gasteiger partial charge < -0.3 is 10.2 Å². The minimum Gasteiger partial charge on any atom is -0.352 e. The molecule has 0 heterocycles. The lowest BCUT2D eigenvalue weighted by Gasteiger charge is -2.34. The van der Waals surface area contributed by atoms with Crippen molar-refractivity contribution in [2.24, 2.45) is 0 Å². The number of nitrogens with zero attached hydrogens (tertiary/aromatic N) is 2. The summed E-state index contributed by atoms with van der Waals surface area (Å²) in [5.41, 5.74) is 1.79. The Balaban J connectivity index is 1.71. The number of sulfonamides is 1. The molecule has 1 N–H and O–H groups in total. The van der Waals surface area contributed by atoms with Crippen LogP contribution in [0.4, 0.5) is 5.69 Å². The smallest absolute Gasteiger partial charge is 0.264 e. The van der Waals surface area contributed by atoms with Gasteiger partial charge in [-0.3, -0.25) is 13.9 Å². The van der Waals surface area contributed by atoms with E-state index < -0.39 is 28.5 Å². The molecule has 0 aromatic heterocycles. The molecule has 10 heteroatoms. The summed E-state index contributed by atoms with van der Waals surface area (Å²) in [6.45, 7) is 3.10. The van der Waals surface area contributed by atoms with Crippen LogP contribution in [-0.4, -0.2) is 43.8 Å². The van der Waals surface area contributed by atoms with Crippen LogP contribution in [0.15, 0.2) is 77.7 Å². The lowest BCUT2D eigenvalue weighted by molar-refractivity contribution is -0.139. The largest absolute Gasteiger partial charge is 0.352 e. The minimum absolute atomic E-state index is 0.00272. The van der Waals surface area contributed by atoms with Crippen molar-refractivity contribution in [3.63, 3.8) is 0 Å². The van der Waals surface area contributed by atoms with Crippen LogP contribution in [0, 0.1) is 0 Å². The zero-order valence-electron chi connectivity index (χ0n) is 23.9. The van der Waals surface area contributed by atoms with Gasteiger partial charge in [0.15, 0.2) is 0 Å². The molecule has 0 bridgehead atoms. The van der Waals surface area contributed by atoms with Gasteiger partial charge in [-0.1, -0.05) is 91.9 Å². The SMILES string of the molecule is CCc1ccccc1N(CC(=O)N(Cc1ccc(Cl)cc1Cl)[C@H](C)C(=O)NC1CCCCC1)S(=O)(=O)c1ccccc1. The van der Waals surface area contributed by atoms with Crippen molar-refractivity contribution in [3.8, 4) is 0 Å². The summed E-state index contributed by atoms with van der Waals surface area (Å²) in [5, 5.41) is 3.90. The first-order chi connectivity index (χ1) is 20.1. The molecule has 3 aromatic carbocycles. The minimum atomic E-state index is -4.13. The average Bonchev–Trinajstić information content (AvgIpc) is 3.00. The Labute approximate surface area is 258 Å². The zero-order chi connectivity index (χ0) is 30.3. The third-order valence-electron chi connectivity index (χ3n) is 7.73. The van der Waals surface area contributed by atoms with Gasteiger partial charge in [-0.2, -0.15) is 0 Å². The van der Waals surface area contributed by atoms with Gasteiger partial charge in [0.25, 0.3) is 10.0 Å². The Hall–Kier alpha value is -3.07. The van der Waals surface area contributed by atoms with Gasteiger partial charge >= 0.3 is 0 Å². The molecule has 0 aliphatic heterocycles. The first kappa shape index (κ1) is 31.9. The molecule has 0 spiro atoms. The number of hydrogen-bond acceptors (Lipinski definition) is 4. The van der Waals surface area contributed by atoms with Crippen LogP contribution in [0.3, 0.4) is 0 Å². The fraction of sp³-hybridized carbons (Fsp3) is 0.375.